The molecule has 0 spiro atoms. The summed E-state index contributed by atoms with van der Waals surface area (Å²) >= 11 is 5.93. The van der Waals surface area contributed by atoms with Crippen LogP contribution in [0.25, 0.3) is 0 Å². The van der Waals surface area contributed by atoms with Crippen molar-refractivity contribution in [2.75, 3.05) is 6.54 Å². The van der Waals surface area contributed by atoms with Gasteiger partial charge in [0.25, 0.3) is 0 Å². The molecule has 0 saturated carbocycles. The van der Waals surface area contributed by atoms with Gasteiger partial charge in [0, 0.05) is 24.7 Å². The number of nitrogens with zero attached hydrogens (tertiary/aromatic N) is 2. The van der Waals surface area contributed by atoms with Crippen molar-refractivity contribution in [3.63, 3.8) is 0 Å². The highest BCUT2D eigenvalue weighted by molar-refractivity contribution is 6.29. The predicted octanol–water partition coefficient (Wildman–Crippen LogP) is 2.37. The van der Waals surface area contributed by atoms with Gasteiger partial charge in [-0.1, -0.05) is 17.7 Å². The van der Waals surface area contributed by atoms with Crippen molar-refractivity contribution in [2.45, 2.75) is 44.2 Å². The number of fused-ring (bicyclic) bond motifs is 1. The van der Waals surface area contributed by atoms with E-state index in [1.54, 1.807) is 6.07 Å². The lowest BCUT2D eigenvalue weighted by molar-refractivity contribution is -0.119. The molecule has 0 aromatic carbocycles. The van der Waals surface area contributed by atoms with Crippen LogP contribution in [-0.4, -0.2) is 39.6 Å². The van der Waals surface area contributed by atoms with Crippen LogP contribution < -0.4 is 5.32 Å². The van der Waals surface area contributed by atoms with Crippen LogP contribution in [0.1, 0.15) is 43.0 Å². The topological polar surface area (TPSA) is 82.5 Å². The molecule has 1 fully saturated rings. The van der Waals surface area contributed by atoms with Crippen LogP contribution in [0.5, 0.6) is 0 Å². The van der Waals surface area contributed by atoms with Gasteiger partial charge >= 0.3 is 6.09 Å². The fourth-order valence-corrected chi connectivity index (χ4v) is 3.49. The van der Waals surface area contributed by atoms with Gasteiger partial charge in [0.1, 0.15) is 5.15 Å². The number of hydrogen-bond donors (Lipinski definition) is 2. The van der Waals surface area contributed by atoms with E-state index in [1.165, 1.54) is 4.90 Å². The second-order valence-corrected chi connectivity index (χ2v) is 6.20. The summed E-state index contributed by atoms with van der Waals surface area (Å²) in [5.41, 5.74) is 1.81. The van der Waals surface area contributed by atoms with Gasteiger partial charge in [0.05, 0.1) is 6.04 Å². The van der Waals surface area contributed by atoms with Gasteiger partial charge in [0.15, 0.2) is 0 Å². The van der Waals surface area contributed by atoms with E-state index in [-0.39, 0.29) is 18.0 Å². The van der Waals surface area contributed by atoms with Gasteiger partial charge in [-0.3, -0.25) is 9.69 Å². The van der Waals surface area contributed by atoms with Gasteiger partial charge in [-0.15, -0.1) is 0 Å². The minimum Gasteiger partial charge on any atom is -0.465 e. The zero-order valence-electron chi connectivity index (χ0n) is 12.1. The third kappa shape index (κ3) is 3.02. The first-order valence-corrected chi connectivity index (χ1v) is 7.86. The maximum absolute atomic E-state index is 11.7. The highest BCUT2D eigenvalue weighted by atomic mass is 35.5. The van der Waals surface area contributed by atoms with Gasteiger partial charge < -0.3 is 10.4 Å². The Labute approximate surface area is 133 Å². The number of aromatic nitrogens is 1. The number of halogens is 1. The number of hydrogen-bond acceptors (Lipinski definition) is 3. The molecule has 1 unspecified atom stereocenters. The SMILES string of the molecule is O=C1CC[C@@H](CN(C(=O)O)C2CCCc3nc(Cl)ccc32)N1. The average Bonchev–Trinajstić information content (AvgIpc) is 2.89. The van der Waals surface area contributed by atoms with Crippen LogP contribution in [0.15, 0.2) is 12.1 Å². The normalized spacial score (nSPS) is 23.8. The molecule has 7 heteroatoms. The molecule has 1 saturated heterocycles. The van der Waals surface area contributed by atoms with Crippen molar-refractivity contribution in [3.05, 3.63) is 28.5 Å². The monoisotopic (exact) mass is 323 g/mol. The van der Waals surface area contributed by atoms with E-state index in [0.29, 0.717) is 24.5 Å². The van der Waals surface area contributed by atoms with Crippen LogP contribution >= 0.6 is 11.6 Å². The van der Waals surface area contributed by atoms with E-state index in [0.717, 1.165) is 30.5 Å². The van der Waals surface area contributed by atoms with Crippen LogP contribution in [0, 0.1) is 0 Å². The minimum atomic E-state index is -0.964. The first kappa shape index (κ1) is 15.1. The van der Waals surface area contributed by atoms with Crippen LogP contribution in [0.4, 0.5) is 4.79 Å². The number of rotatable bonds is 3. The molecule has 1 aromatic heterocycles. The number of carbonyl (C=O) groups is 2. The Kier molecular flexibility index (Phi) is 4.20. The third-order valence-corrected chi connectivity index (χ3v) is 4.56. The second kappa shape index (κ2) is 6.12. The zero-order chi connectivity index (χ0) is 15.7. The Hall–Kier alpha value is -1.82. The Bertz CT molecular complexity index is 608. The van der Waals surface area contributed by atoms with E-state index in [9.17, 15) is 14.7 Å². The molecule has 2 atom stereocenters. The molecular formula is C15H18ClN3O3. The Morgan fingerprint density at radius 3 is 2.91 bits per heavy atom. The Balaban J connectivity index is 1.83. The van der Waals surface area contributed by atoms with Gasteiger partial charge in [-0.25, -0.2) is 9.78 Å². The van der Waals surface area contributed by atoms with E-state index in [2.05, 4.69) is 10.3 Å². The van der Waals surface area contributed by atoms with Crippen molar-refractivity contribution in [1.82, 2.24) is 15.2 Å². The standard InChI is InChI=1S/C15H18ClN3O3/c16-13-6-5-10-11(18-13)2-1-3-12(10)19(15(21)22)8-9-4-7-14(20)17-9/h5-6,9,12H,1-4,7-8H2,(H,17,20)(H,21,22)/t9-,12?/m0/s1. The molecule has 118 valence electrons. The highest BCUT2D eigenvalue weighted by Crippen LogP contribution is 2.34. The molecule has 1 aliphatic carbocycles. The first-order chi connectivity index (χ1) is 10.5. The lowest BCUT2D eigenvalue weighted by Gasteiger charge is -2.35. The number of carbonyl (C=O) groups excluding carboxylic acids is 1. The second-order valence-electron chi connectivity index (χ2n) is 5.82. The third-order valence-electron chi connectivity index (χ3n) is 4.35. The van der Waals surface area contributed by atoms with Gasteiger partial charge in [-0.2, -0.15) is 0 Å². The maximum Gasteiger partial charge on any atom is 0.407 e. The summed E-state index contributed by atoms with van der Waals surface area (Å²) in [6.45, 7) is 0.313. The van der Waals surface area contributed by atoms with Crippen LogP contribution in [-0.2, 0) is 11.2 Å². The van der Waals surface area contributed by atoms with E-state index >= 15 is 0 Å². The lowest BCUT2D eigenvalue weighted by Crippen LogP contribution is -2.44. The molecule has 2 aliphatic rings. The summed E-state index contributed by atoms with van der Waals surface area (Å²) in [5.74, 6) is -0.00664. The van der Waals surface area contributed by atoms with Crippen molar-refractivity contribution < 1.29 is 14.7 Å². The van der Waals surface area contributed by atoms with Crippen molar-refractivity contribution in [2.24, 2.45) is 0 Å². The number of carboxylic acid groups (broad SMARTS) is 1. The predicted molar refractivity (Wildman–Crippen MR) is 80.8 cm³/mol. The molecule has 2 amide bonds. The molecule has 6 nitrogen and oxygen atoms in total. The van der Waals surface area contributed by atoms with E-state index in [4.69, 9.17) is 11.6 Å². The molecule has 0 radical (unpaired) electrons. The van der Waals surface area contributed by atoms with Crippen molar-refractivity contribution in [1.29, 1.82) is 0 Å². The fourth-order valence-electron chi connectivity index (χ4n) is 3.32. The number of nitrogens with one attached hydrogen (secondary N) is 1. The number of amides is 2. The first-order valence-electron chi connectivity index (χ1n) is 7.49. The summed E-state index contributed by atoms with van der Waals surface area (Å²) in [4.78, 5) is 28.8. The summed E-state index contributed by atoms with van der Waals surface area (Å²) in [6, 6.07) is 3.26. The Morgan fingerprint density at radius 1 is 1.41 bits per heavy atom. The van der Waals surface area contributed by atoms with Gasteiger partial charge in [-0.05, 0) is 37.3 Å². The quantitative estimate of drug-likeness (QED) is 0.837. The summed E-state index contributed by atoms with van der Waals surface area (Å²) in [5, 5.41) is 12.9. The smallest absolute Gasteiger partial charge is 0.407 e. The maximum atomic E-state index is 11.7. The van der Waals surface area contributed by atoms with Gasteiger partial charge in [0.2, 0.25) is 5.91 Å². The Morgan fingerprint density at radius 2 is 2.23 bits per heavy atom. The lowest BCUT2D eigenvalue weighted by atomic mass is 9.90. The van der Waals surface area contributed by atoms with Crippen molar-refractivity contribution >= 4 is 23.6 Å². The number of pyridine rings is 1. The van der Waals surface area contributed by atoms with Crippen LogP contribution in [0.2, 0.25) is 5.15 Å². The number of aryl methyl sites for hydroxylation is 1. The van der Waals surface area contributed by atoms with E-state index < -0.39 is 6.09 Å². The van der Waals surface area contributed by atoms with E-state index in [1.807, 2.05) is 6.07 Å². The molecule has 1 aliphatic heterocycles. The largest absolute Gasteiger partial charge is 0.465 e. The molecule has 0 bridgehead atoms. The molecule has 2 heterocycles. The molecule has 2 N–H and O–H groups in total. The molecular weight excluding hydrogens is 306 g/mol. The summed E-state index contributed by atoms with van der Waals surface area (Å²) < 4.78 is 0. The molecule has 3 rings (SSSR count). The zero-order valence-corrected chi connectivity index (χ0v) is 12.8. The average molecular weight is 324 g/mol. The minimum absolute atomic E-state index is 0.00664. The molecule has 1 aromatic rings. The highest BCUT2D eigenvalue weighted by Gasteiger charge is 2.33. The molecule has 22 heavy (non-hydrogen) atoms. The van der Waals surface area contributed by atoms with Crippen molar-refractivity contribution in [3.8, 4) is 0 Å². The summed E-state index contributed by atoms with van der Waals surface area (Å²) in [6.07, 6.45) is 2.65. The summed E-state index contributed by atoms with van der Waals surface area (Å²) in [7, 11) is 0. The van der Waals surface area contributed by atoms with Crippen LogP contribution in [0.3, 0.4) is 0 Å². The fraction of sp³-hybridized carbons (Fsp3) is 0.533.